The van der Waals surface area contributed by atoms with Gasteiger partial charge >= 0.3 is 0 Å². The molecular weight excluding hydrogens is 364 g/mol. The van der Waals surface area contributed by atoms with Gasteiger partial charge in [-0.15, -0.1) is 0 Å². The molecule has 0 fully saturated rings. The van der Waals surface area contributed by atoms with E-state index in [2.05, 4.69) is 32.1 Å². The number of hydrogen-bond acceptors (Lipinski definition) is 4. The summed E-state index contributed by atoms with van der Waals surface area (Å²) < 4.78 is 18.6. The Balaban J connectivity index is 1.50. The zero-order chi connectivity index (χ0) is 20.4. The second-order valence-corrected chi connectivity index (χ2v) is 9.35. The van der Waals surface area contributed by atoms with Gasteiger partial charge in [0, 0.05) is 11.1 Å². The summed E-state index contributed by atoms with van der Waals surface area (Å²) in [7, 11) is 0. The van der Waals surface area contributed by atoms with Crippen LogP contribution in [0.4, 0.5) is 0 Å². The van der Waals surface area contributed by atoms with Gasteiger partial charge in [-0.2, -0.15) is 0 Å². The maximum atomic E-state index is 12.9. The summed E-state index contributed by atoms with van der Waals surface area (Å²) in [6.07, 6.45) is 5.92. The molecule has 0 spiro atoms. The summed E-state index contributed by atoms with van der Waals surface area (Å²) in [5, 5.41) is 0. The van der Waals surface area contributed by atoms with E-state index in [0.29, 0.717) is 17.7 Å². The van der Waals surface area contributed by atoms with E-state index in [4.69, 9.17) is 14.2 Å². The minimum atomic E-state index is -0.308. The number of rotatable bonds is 1. The number of ketones is 1. The second kappa shape index (κ2) is 6.12. The standard InChI is InChI=1S/C25H26O4/c1-24(2)11-9-16-13-15(5-7-20(16)28-24)22-14-19(26)17-6-8-21-18(23(17)27-22)10-12-25(3,4)29-21/h5-9,11,13,22H,10,12,14H2,1-4H3. The molecule has 150 valence electrons. The monoisotopic (exact) mass is 390 g/mol. The Morgan fingerprint density at radius 2 is 1.79 bits per heavy atom. The molecule has 3 aliphatic rings. The van der Waals surface area contributed by atoms with Gasteiger partial charge in [0.15, 0.2) is 5.78 Å². The molecule has 3 aliphatic heterocycles. The highest BCUT2D eigenvalue weighted by Gasteiger charge is 2.35. The summed E-state index contributed by atoms with van der Waals surface area (Å²) >= 11 is 0. The van der Waals surface area contributed by atoms with Crippen molar-refractivity contribution >= 4 is 11.9 Å². The van der Waals surface area contributed by atoms with Gasteiger partial charge in [-0.05, 0) is 76.4 Å². The highest BCUT2D eigenvalue weighted by Crippen LogP contribution is 2.45. The number of Topliss-reactive ketones (excluding diaryl/α,β-unsaturated/α-hetero) is 1. The number of hydrogen-bond donors (Lipinski definition) is 0. The molecule has 0 N–H and O–H groups in total. The minimum Gasteiger partial charge on any atom is -0.487 e. The zero-order valence-corrected chi connectivity index (χ0v) is 17.4. The van der Waals surface area contributed by atoms with E-state index in [1.807, 2.05) is 38.1 Å². The Labute approximate surface area is 171 Å². The number of benzene rings is 2. The molecule has 29 heavy (non-hydrogen) atoms. The van der Waals surface area contributed by atoms with Crippen LogP contribution in [0.5, 0.6) is 17.2 Å². The first-order chi connectivity index (χ1) is 13.7. The molecule has 0 saturated heterocycles. The van der Waals surface area contributed by atoms with Crippen molar-refractivity contribution in [3.8, 4) is 17.2 Å². The van der Waals surface area contributed by atoms with Gasteiger partial charge in [-0.1, -0.05) is 12.1 Å². The highest BCUT2D eigenvalue weighted by atomic mass is 16.5. The van der Waals surface area contributed by atoms with E-state index in [-0.39, 0.29) is 23.1 Å². The molecule has 0 amide bonds. The maximum absolute atomic E-state index is 12.9. The van der Waals surface area contributed by atoms with Crippen molar-refractivity contribution in [1.82, 2.24) is 0 Å². The third-order valence-electron chi connectivity index (χ3n) is 5.96. The Morgan fingerprint density at radius 3 is 2.62 bits per heavy atom. The van der Waals surface area contributed by atoms with E-state index >= 15 is 0 Å². The molecule has 0 aliphatic carbocycles. The normalized spacial score (nSPS) is 23.0. The molecule has 2 aromatic carbocycles. The first-order valence-corrected chi connectivity index (χ1v) is 10.3. The van der Waals surface area contributed by atoms with E-state index < -0.39 is 0 Å². The second-order valence-electron chi connectivity index (χ2n) is 9.35. The molecule has 0 bridgehead atoms. The van der Waals surface area contributed by atoms with Gasteiger partial charge in [-0.25, -0.2) is 0 Å². The van der Waals surface area contributed by atoms with Gasteiger partial charge in [0.2, 0.25) is 0 Å². The first-order valence-electron chi connectivity index (χ1n) is 10.3. The fraction of sp³-hybridized carbons (Fsp3) is 0.400. The fourth-order valence-corrected chi connectivity index (χ4v) is 4.32. The Hall–Kier alpha value is -2.75. The van der Waals surface area contributed by atoms with Gasteiger partial charge < -0.3 is 14.2 Å². The summed E-state index contributed by atoms with van der Waals surface area (Å²) in [6, 6.07) is 9.81. The minimum absolute atomic E-state index is 0.120. The van der Waals surface area contributed by atoms with Crippen molar-refractivity contribution in [2.24, 2.45) is 0 Å². The van der Waals surface area contributed by atoms with Crippen molar-refractivity contribution in [1.29, 1.82) is 0 Å². The predicted octanol–water partition coefficient (Wildman–Crippen LogP) is 5.68. The maximum Gasteiger partial charge on any atom is 0.170 e. The molecule has 2 aromatic rings. The molecule has 4 heteroatoms. The van der Waals surface area contributed by atoms with Gasteiger partial charge in [0.25, 0.3) is 0 Å². The van der Waals surface area contributed by atoms with Crippen molar-refractivity contribution < 1.29 is 19.0 Å². The van der Waals surface area contributed by atoms with Crippen LogP contribution in [0.15, 0.2) is 36.4 Å². The molecule has 0 radical (unpaired) electrons. The fourth-order valence-electron chi connectivity index (χ4n) is 4.32. The summed E-state index contributed by atoms with van der Waals surface area (Å²) in [5.74, 6) is 2.51. The van der Waals surface area contributed by atoms with Crippen LogP contribution in [0.25, 0.3) is 6.08 Å². The average molecular weight is 390 g/mol. The van der Waals surface area contributed by atoms with Gasteiger partial charge in [-0.3, -0.25) is 4.79 Å². The van der Waals surface area contributed by atoms with Crippen LogP contribution in [-0.4, -0.2) is 17.0 Å². The molecule has 1 atom stereocenters. The van der Waals surface area contributed by atoms with Crippen molar-refractivity contribution in [3.63, 3.8) is 0 Å². The highest BCUT2D eigenvalue weighted by molar-refractivity contribution is 6.00. The van der Waals surface area contributed by atoms with Crippen LogP contribution in [0.1, 0.15) is 73.7 Å². The molecule has 3 heterocycles. The Kier molecular flexibility index (Phi) is 3.86. The van der Waals surface area contributed by atoms with Crippen LogP contribution >= 0.6 is 0 Å². The van der Waals surface area contributed by atoms with Crippen LogP contribution in [0.2, 0.25) is 0 Å². The molecule has 0 saturated carbocycles. The van der Waals surface area contributed by atoms with Crippen LogP contribution in [0, 0.1) is 0 Å². The smallest absolute Gasteiger partial charge is 0.170 e. The largest absolute Gasteiger partial charge is 0.487 e. The lowest BCUT2D eigenvalue weighted by molar-refractivity contribution is 0.0767. The molecular formula is C25H26O4. The van der Waals surface area contributed by atoms with Crippen LogP contribution in [-0.2, 0) is 6.42 Å². The summed E-state index contributed by atoms with van der Waals surface area (Å²) in [4.78, 5) is 12.9. The SMILES string of the molecule is CC1(C)C=Cc2cc(C3CC(=O)c4ccc5c(c4O3)CCC(C)(C)O5)ccc2O1. The quantitative estimate of drug-likeness (QED) is 0.628. The predicted molar refractivity (Wildman–Crippen MR) is 112 cm³/mol. The van der Waals surface area contributed by atoms with Crippen molar-refractivity contribution in [2.75, 3.05) is 0 Å². The van der Waals surface area contributed by atoms with Crippen molar-refractivity contribution in [2.45, 2.75) is 64.3 Å². The summed E-state index contributed by atoms with van der Waals surface area (Å²) in [6.45, 7) is 8.25. The van der Waals surface area contributed by atoms with Crippen LogP contribution < -0.4 is 14.2 Å². The molecule has 5 rings (SSSR count). The van der Waals surface area contributed by atoms with E-state index in [9.17, 15) is 4.79 Å². The number of fused-ring (bicyclic) bond motifs is 4. The Bertz CT molecular complexity index is 1050. The van der Waals surface area contributed by atoms with Gasteiger partial charge in [0.1, 0.15) is 34.6 Å². The molecule has 0 aromatic heterocycles. The number of carbonyl (C=O) groups is 1. The van der Waals surface area contributed by atoms with E-state index in [1.54, 1.807) is 0 Å². The van der Waals surface area contributed by atoms with Gasteiger partial charge in [0.05, 0.1) is 12.0 Å². The Morgan fingerprint density at radius 1 is 1.00 bits per heavy atom. The van der Waals surface area contributed by atoms with Crippen LogP contribution in [0.3, 0.4) is 0 Å². The molecule has 1 unspecified atom stereocenters. The first kappa shape index (κ1) is 18.3. The number of carbonyl (C=O) groups excluding carboxylic acids is 1. The molecule has 4 nitrogen and oxygen atoms in total. The summed E-state index contributed by atoms with van der Waals surface area (Å²) in [5.41, 5.74) is 3.19. The lowest BCUT2D eigenvalue weighted by atomic mass is 9.88. The third-order valence-corrected chi connectivity index (χ3v) is 5.96. The van der Waals surface area contributed by atoms with E-state index in [0.717, 1.165) is 41.0 Å². The topological polar surface area (TPSA) is 44.8 Å². The third kappa shape index (κ3) is 3.21. The van der Waals surface area contributed by atoms with E-state index in [1.165, 1.54) is 0 Å². The lowest BCUT2D eigenvalue weighted by Gasteiger charge is -2.36. The lowest BCUT2D eigenvalue weighted by Crippen LogP contribution is -2.33. The number of ether oxygens (including phenoxy) is 3. The van der Waals surface area contributed by atoms with Crippen molar-refractivity contribution in [3.05, 3.63) is 58.7 Å². The average Bonchev–Trinajstić information content (AvgIpc) is 2.65. The zero-order valence-electron chi connectivity index (χ0n) is 17.4.